The number of fused-ring (bicyclic) bond motifs is 1. The summed E-state index contributed by atoms with van der Waals surface area (Å²) in [4.78, 5) is 27.8. The number of thioether (sulfide) groups is 1. The first kappa shape index (κ1) is 21.1. The van der Waals surface area contributed by atoms with Crippen molar-refractivity contribution in [3.05, 3.63) is 30.0 Å². The van der Waals surface area contributed by atoms with Crippen LogP contribution in [0.2, 0.25) is 0 Å². The van der Waals surface area contributed by atoms with Gasteiger partial charge in [0.1, 0.15) is 11.8 Å². The van der Waals surface area contributed by atoms with Crippen LogP contribution in [0.15, 0.2) is 29.2 Å². The minimum absolute atomic E-state index is 0. The largest absolute Gasteiger partial charge is 1.00 e. The molecule has 136 valence electrons. The van der Waals surface area contributed by atoms with Gasteiger partial charge in [-0.3, -0.25) is 9.78 Å². The molecular weight excluding hydrogens is 364 g/mol. The Bertz CT molecular complexity index is 770. The number of carbonyl (C=O) groups is 2. The maximum Gasteiger partial charge on any atom is 0.327 e. The highest BCUT2D eigenvalue weighted by Gasteiger charge is 2.19. The second-order valence-corrected chi connectivity index (χ2v) is 6.34. The van der Waals surface area contributed by atoms with Gasteiger partial charge < -0.3 is 27.6 Å². The van der Waals surface area contributed by atoms with Crippen LogP contribution in [0.25, 0.3) is 10.9 Å². The Labute approximate surface area is 156 Å². The average Bonchev–Trinajstić information content (AvgIpc) is 2.51. The van der Waals surface area contributed by atoms with Crippen molar-refractivity contribution in [1.29, 1.82) is 0 Å². The molecule has 1 atom stereocenters. The molecule has 6 nitrogen and oxygen atoms in total. The zero-order chi connectivity index (χ0) is 17.7. The topological polar surface area (TPSA) is 88.5 Å². The standard InChI is InChI=1S/C17H20N2O4S.ClH/c1-4-23-12-5-6-14-13(8-12)16(7-10(2)18-14)24-9-15(17(21)22)19-11(3)20;/h5-8,15H,4,9H2,1-3H3,(H,19,20)(H,21,22);1H/p-1. The molecule has 1 unspecified atom stereocenters. The molecule has 1 aromatic carbocycles. The molecule has 2 rings (SSSR count). The molecule has 0 aliphatic heterocycles. The Hall–Kier alpha value is -1.99. The third-order valence-corrected chi connectivity index (χ3v) is 4.41. The number of aliphatic carboxylic acids is 1. The fraction of sp³-hybridized carbons (Fsp3) is 0.353. The number of carboxylic acid groups (broad SMARTS) is 1. The number of halogens is 1. The number of hydrogen-bond donors (Lipinski definition) is 2. The summed E-state index contributed by atoms with van der Waals surface area (Å²) in [5.41, 5.74) is 1.67. The van der Waals surface area contributed by atoms with E-state index in [0.29, 0.717) is 6.61 Å². The van der Waals surface area contributed by atoms with Gasteiger partial charge in [-0.15, -0.1) is 11.8 Å². The van der Waals surface area contributed by atoms with Gasteiger partial charge in [0.05, 0.1) is 12.1 Å². The maximum atomic E-state index is 11.3. The molecule has 0 fully saturated rings. The number of carboxylic acids is 1. The lowest BCUT2D eigenvalue weighted by Gasteiger charge is -2.14. The van der Waals surface area contributed by atoms with Gasteiger partial charge in [-0.25, -0.2) is 4.79 Å². The summed E-state index contributed by atoms with van der Waals surface area (Å²) < 4.78 is 5.53. The summed E-state index contributed by atoms with van der Waals surface area (Å²) in [5, 5.41) is 12.6. The van der Waals surface area contributed by atoms with Crippen molar-refractivity contribution in [2.24, 2.45) is 0 Å². The Morgan fingerprint density at radius 1 is 1.36 bits per heavy atom. The third-order valence-electron chi connectivity index (χ3n) is 3.26. The van der Waals surface area contributed by atoms with Crippen molar-refractivity contribution < 1.29 is 31.8 Å². The molecule has 0 radical (unpaired) electrons. The number of carbonyl (C=O) groups excluding carboxylic acids is 1. The number of benzene rings is 1. The number of nitrogens with one attached hydrogen (secondary N) is 1. The van der Waals surface area contributed by atoms with Crippen LogP contribution in [0.5, 0.6) is 5.75 Å². The number of rotatable bonds is 7. The minimum Gasteiger partial charge on any atom is -1.00 e. The van der Waals surface area contributed by atoms with Crippen molar-refractivity contribution in [3.63, 3.8) is 0 Å². The predicted molar refractivity (Wildman–Crippen MR) is 93.6 cm³/mol. The van der Waals surface area contributed by atoms with E-state index in [2.05, 4.69) is 10.3 Å². The van der Waals surface area contributed by atoms with E-state index in [9.17, 15) is 14.7 Å². The van der Waals surface area contributed by atoms with Gasteiger partial charge in [-0.1, -0.05) is 0 Å². The number of nitrogens with zero attached hydrogens (tertiary/aromatic N) is 1. The second-order valence-electron chi connectivity index (χ2n) is 5.28. The number of aromatic nitrogens is 1. The molecule has 1 aromatic heterocycles. The quantitative estimate of drug-likeness (QED) is 0.634. The third kappa shape index (κ3) is 5.79. The summed E-state index contributed by atoms with van der Waals surface area (Å²) in [7, 11) is 0. The SMILES string of the molecule is CCOc1ccc2nc(C)cc(SCC(NC(C)=O)C(=O)O)c2c1.[Cl-]. The van der Waals surface area contributed by atoms with Crippen molar-refractivity contribution in [1.82, 2.24) is 10.3 Å². The van der Waals surface area contributed by atoms with Crippen LogP contribution in [0.3, 0.4) is 0 Å². The van der Waals surface area contributed by atoms with Gasteiger partial charge in [0.15, 0.2) is 0 Å². The van der Waals surface area contributed by atoms with E-state index in [1.54, 1.807) is 0 Å². The molecular formula is C17H20ClN2O4S-. The highest BCUT2D eigenvalue weighted by Crippen LogP contribution is 2.31. The molecule has 0 saturated heterocycles. The van der Waals surface area contributed by atoms with Crippen LogP contribution >= 0.6 is 11.8 Å². The van der Waals surface area contributed by atoms with Gasteiger partial charge in [0.2, 0.25) is 5.91 Å². The minimum atomic E-state index is -1.05. The zero-order valence-electron chi connectivity index (χ0n) is 14.2. The molecule has 2 aromatic rings. The molecule has 0 aliphatic rings. The lowest BCUT2D eigenvalue weighted by atomic mass is 10.2. The van der Waals surface area contributed by atoms with Crippen LogP contribution < -0.4 is 22.5 Å². The number of ether oxygens (including phenoxy) is 1. The average molecular weight is 384 g/mol. The molecule has 25 heavy (non-hydrogen) atoms. The normalized spacial score (nSPS) is 11.5. The molecule has 1 amide bonds. The Morgan fingerprint density at radius 2 is 2.08 bits per heavy atom. The monoisotopic (exact) mass is 383 g/mol. The van der Waals surface area contributed by atoms with E-state index < -0.39 is 12.0 Å². The van der Waals surface area contributed by atoms with Gasteiger partial charge in [0.25, 0.3) is 0 Å². The molecule has 0 bridgehead atoms. The van der Waals surface area contributed by atoms with E-state index in [1.165, 1.54) is 18.7 Å². The van der Waals surface area contributed by atoms with Gasteiger partial charge in [0, 0.05) is 28.7 Å². The Morgan fingerprint density at radius 3 is 2.68 bits per heavy atom. The summed E-state index contributed by atoms with van der Waals surface area (Å²) >= 11 is 1.38. The van der Waals surface area contributed by atoms with Crippen molar-refractivity contribution in [3.8, 4) is 5.75 Å². The summed E-state index contributed by atoms with van der Waals surface area (Å²) in [6.45, 7) is 5.68. The smallest absolute Gasteiger partial charge is 0.327 e. The predicted octanol–water partition coefficient (Wildman–Crippen LogP) is -0.373. The van der Waals surface area contributed by atoms with Gasteiger partial charge in [-0.05, 0) is 38.1 Å². The first-order valence-electron chi connectivity index (χ1n) is 7.57. The van der Waals surface area contributed by atoms with Crippen molar-refractivity contribution in [2.45, 2.75) is 31.7 Å². The Balaban J connectivity index is 0.00000312. The van der Waals surface area contributed by atoms with E-state index in [1.807, 2.05) is 38.1 Å². The molecule has 8 heteroatoms. The maximum absolute atomic E-state index is 11.3. The van der Waals surface area contributed by atoms with Gasteiger partial charge in [-0.2, -0.15) is 0 Å². The highest BCUT2D eigenvalue weighted by atomic mass is 35.5. The number of pyridine rings is 1. The van der Waals surface area contributed by atoms with Crippen LogP contribution in [0.4, 0.5) is 0 Å². The molecule has 1 heterocycles. The van der Waals surface area contributed by atoms with E-state index in [-0.39, 0.29) is 24.1 Å². The Kier molecular flexibility index (Phi) is 7.99. The number of aryl methyl sites for hydroxylation is 1. The lowest BCUT2D eigenvalue weighted by molar-refractivity contribution is -0.140. The van der Waals surface area contributed by atoms with Crippen LogP contribution in [0.1, 0.15) is 19.5 Å². The molecule has 0 aliphatic carbocycles. The summed E-state index contributed by atoms with van der Waals surface area (Å²) in [6.07, 6.45) is 0. The summed E-state index contributed by atoms with van der Waals surface area (Å²) in [6, 6.07) is 6.63. The fourth-order valence-corrected chi connectivity index (χ4v) is 3.41. The second kappa shape index (κ2) is 9.48. The lowest BCUT2D eigenvalue weighted by Crippen LogP contribution is -3.00. The fourth-order valence-electron chi connectivity index (χ4n) is 2.27. The van der Waals surface area contributed by atoms with Crippen LogP contribution in [0, 0.1) is 6.92 Å². The van der Waals surface area contributed by atoms with E-state index >= 15 is 0 Å². The summed E-state index contributed by atoms with van der Waals surface area (Å²) in [5.74, 6) is -0.443. The van der Waals surface area contributed by atoms with Crippen molar-refractivity contribution in [2.75, 3.05) is 12.4 Å². The van der Waals surface area contributed by atoms with Gasteiger partial charge >= 0.3 is 5.97 Å². The van der Waals surface area contributed by atoms with E-state index in [4.69, 9.17) is 4.74 Å². The van der Waals surface area contributed by atoms with Crippen LogP contribution in [-0.4, -0.2) is 40.4 Å². The molecule has 0 saturated carbocycles. The number of hydrogen-bond acceptors (Lipinski definition) is 5. The zero-order valence-corrected chi connectivity index (χ0v) is 15.8. The molecule has 2 N–H and O–H groups in total. The van der Waals surface area contributed by atoms with Crippen molar-refractivity contribution >= 4 is 34.5 Å². The van der Waals surface area contributed by atoms with Crippen LogP contribution in [-0.2, 0) is 9.59 Å². The highest BCUT2D eigenvalue weighted by molar-refractivity contribution is 7.99. The number of amides is 1. The first-order valence-corrected chi connectivity index (χ1v) is 8.56. The first-order chi connectivity index (χ1) is 11.4. The molecule has 0 spiro atoms. The van der Waals surface area contributed by atoms with E-state index in [0.717, 1.165) is 27.2 Å².